The Morgan fingerprint density at radius 2 is 1.90 bits per heavy atom. The second-order valence-corrected chi connectivity index (χ2v) is 5.74. The average molecular weight is 293 g/mol. The highest BCUT2D eigenvalue weighted by molar-refractivity contribution is 5.28. The Hall–Kier alpha value is -1.06. The van der Waals surface area contributed by atoms with E-state index in [2.05, 4.69) is 39.1 Å². The van der Waals surface area contributed by atoms with E-state index < -0.39 is 6.10 Å². The van der Waals surface area contributed by atoms with Gasteiger partial charge in [-0.25, -0.2) is 0 Å². The van der Waals surface area contributed by atoms with Crippen molar-refractivity contribution in [3.05, 3.63) is 29.8 Å². The summed E-state index contributed by atoms with van der Waals surface area (Å²) in [4.78, 5) is 0. The molecule has 2 N–H and O–H groups in total. The van der Waals surface area contributed by atoms with Crippen LogP contribution in [0.25, 0.3) is 0 Å². The van der Waals surface area contributed by atoms with Crippen molar-refractivity contribution in [3.8, 4) is 5.75 Å². The molecule has 2 atom stereocenters. The summed E-state index contributed by atoms with van der Waals surface area (Å²) in [5.41, 5.74) is 1.25. The summed E-state index contributed by atoms with van der Waals surface area (Å²) < 4.78 is 5.67. The first kappa shape index (κ1) is 18.0. The number of hydrogen-bond acceptors (Lipinski definition) is 3. The number of aliphatic hydroxyl groups is 1. The monoisotopic (exact) mass is 293 g/mol. The molecule has 0 aliphatic heterocycles. The SMILES string of the molecule is CCc1cccc(OCC(O)CNC(C)C(CC)CC)c1. The largest absolute Gasteiger partial charge is 0.491 e. The average Bonchev–Trinajstić information content (AvgIpc) is 2.52. The summed E-state index contributed by atoms with van der Waals surface area (Å²) in [6, 6.07) is 8.48. The molecule has 0 bridgehead atoms. The standard InChI is InChI=1S/C18H31NO2/c1-5-15-9-8-10-18(11-15)21-13-17(20)12-19-14(4)16(6-2)7-3/h8-11,14,16-17,19-20H,5-7,12-13H2,1-4H3. The molecule has 0 amide bonds. The van der Waals surface area contributed by atoms with Crippen molar-refractivity contribution in [1.82, 2.24) is 5.32 Å². The molecule has 2 unspecified atom stereocenters. The van der Waals surface area contributed by atoms with Gasteiger partial charge in [0.2, 0.25) is 0 Å². The van der Waals surface area contributed by atoms with Gasteiger partial charge in [-0.05, 0) is 37.0 Å². The van der Waals surface area contributed by atoms with Crippen LogP contribution in [-0.2, 0) is 6.42 Å². The minimum Gasteiger partial charge on any atom is -0.491 e. The number of hydrogen-bond donors (Lipinski definition) is 2. The molecule has 0 saturated carbocycles. The minimum atomic E-state index is -0.480. The molecule has 1 aromatic rings. The smallest absolute Gasteiger partial charge is 0.119 e. The molecule has 0 saturated heterocycles. The summed E-state index contributed by atoms with van der Waals surface area (Å²) >= 11 is 0. The van der Waals surface area contributed by atoms with E-state index in [0.717, 1.165) is 12.2 Å². The van der Waals surface area contributed by atoms with Gasteiger partial charge in [0.25, 0.3) is 0 Å². The lowest BCUT2D eigenvalue weighted by atomic mass is 9.95. The van der Waals surface area contributed by atoms with Crippen LogP contribution in [0.3, 0.4) is 0 Å². The lowest BCUT2D eigenvalue weighted by molar-refractivity contribution is 0.101. The van der Waals surface area contributed by atoms with E-state index in [-0.39, 0.29) is 0 Å². The Labute approximate surface area is 129 Å². The Kier molecular flexibility index (Phi) is 8.40. The van der Waals surface area contributed by atoms with Gasteiger partial charge in [-0.1, -0.05) is 45.7 Å². The molecule has 0 aliphatic rings. The van der Waals surface area contributed by atoms with Crippen LogP contribution in [-0.4, -0.2) is 30.4 Å². The topological polar surface area (TPSA) is 41.5 Å². The normalized spacial score (nSPS) is 14.2. The highest BCUT2D eigenvalue weighted by atomic mass is 16.5. The van der Waals surface area contributed by atoms with E-state index in [1.807, 2.05) is 18.2 Å². The molecule has 1 rings (SSSR count). The molecule has 0 fully saturated rings. The van der Waals surface area contributed by atoms with Gasteiger partial charge in [-0.15, -0.1) is 0 Å². The maximum atomic E-state index is 10.0. The van der Waals surface area contributed by atoms with Crippen molar-refractivity contribution in [3.63, 3.8) is 0 Å². The maximum absolute atomic E-state index is 10.0. The fraction of sp³-hybridized carbons (Fsp3) is 0.667. The molecule has 0 heterocycles. The quantitative estimate of drug-likeness (QED) is 0.694. The van der Waals surface area contributed by atoms with E-state index in [9.17, 15) is 5.11 Å². The van der Waals surface area contributed by atoms with E-state index in [1.54, 1.807) is 0 Å². The summed E-state index contributed by atoms with van der Waals surface area (Å²) in [6.45, 7) is 9.65. The van der Waals surface area contributed by atoms with Gasteiger partial charge in [-0.3, -0.25) is 0 Å². The second kappa shape index (κ2) is 9.80. The third kappa shape index (κ3) is 6.49. The molecule has 120 valence electrons. The lowest BCUT2D eigenvalue weighted by Crippen LogP contribution is -2.40. The molecular weight excluding hydrogens is 262 g/mol. The van der Waals surface area contributed by atoms with Crippen molar-refractivity contribution < 1.29 is 9.84 Å². The zero-order valence-corrected chi connectivity index (χ0v) is 13.9. The van der Waals surface area contributed by atoms with Crippen LogP contribution in [0.2, 0.25) is 0 Å². The van der Waals surface area contributed by atoms with E-state index >= 15 is 0 Å². The predicted molar refractivity (Wildman–Crippen MR) is 88.9 cm³/mol. The van der Waals surface area contributed by atoms with E-state index in [4.69, 9.17) is 4.74 Å². The highest BCUT2D eigenvalue weighted by Gasteiger charge is 2.14. The van der Waals surface area contributed by atoms with Gasteiger partial charge in [-0.2, -0.15) is 0 Å². The van der Waals surface area contributed by atoms with Gasteiger partial charge in [0, 0.05) is 12.6 Å². The highest BCUT2D eigenvalue weighted by Crippen LogP contribution is 2.14. The molecule has 0 aliphatic carbocycles. The minimum absolute atomic E-state index is 0.329. The molecule has 1 aromatic carbocycles. The fourth-order valence-electron chi connectivity index (χ4n) is 2.59. The second-order valence-electron chi connectivity index (χ2n) is 5.74. The maximum Gasteiger partial charge on any atom is 0.119 e. The summed E-state index contributed by atoms with van der Waals surface area (Å²) in [7, 11) is 0. The molecule has 21 heavy (non-hydrogen) atoms. The summed E-state index contributed by atoms with van der Waals surface area (Å²) in [6.07, 6.45) is 2.85. The summed E-state index contributed by atoms with van der Waals surface area (Å²) in [5.74, 6) is 1.50. The first-order valence-corrected chi connectivity index (χ1v) is 8.23. The molecule has 3 nitrogen and oxygen atoms in total. The number of rotatable bonds is 10. The van der Waals surface area contributed by atoms with Crippen molar-refractivity contribution in [2.75, 3.05) is 13.2 Å². The van der Waals surface area contributed by atoms with Crippen LogP contribution in [0.5, 0.6) is 5.75 Å². The van der Waals surface area contributed by atoms with Crippen molar-refractivity contribution in [1.29, 1.82) is 0 Å². The molecule has 0 spiro atoms. The zero-order valence-electron chi connectivity index (χ0n) is 13.9. The van der Waals surface area contributed by atoms with Gasteiger partial charge < -0.3 is 15.2 Å². The number of benzene rings is 1. The van der Waals surface area contributed by atoms with Crippen LogP contribution in [0.4, 0.5) is 0 Å². The van der Waals surface area contributed by atoms with Crippen LogP contribution in [0.15, 0.2) is 24.3 Å². The third-order valence-electron chi connectivity index (χ3n) is 4.18. The van der Waals surface area contributed by atoms with E-state index in [0.29, 0.717) is 25.1 Å². The fourth-order valence-corrected chi connectivity index (χ4v) is 2.59. The van der Waals surface area contributed by atoms with Crippen LogP contribution >= 0.6 is 0 Å². The third-order valence-corrected chi connectivity index (χ3v) is 4.18. The van der Waals surface area contributed by atoms with Crippen LogP contribution in [0, 0.1) is 5.92 Å². The summed E-state index contributed by atoms with van der Waals surface area (Å²) in [5, 5.41) is 13.4. The van der Waals surface area contributed by atoms with Crippen LogP contribution < -0.4 is 10.1 Å². The van der Waals surface area contributed by atoms with Crippen molar-refractivity contribution in [2.45, 2.75) is 59.1 Å². The lowest BCUT2D eigenvalue weighted by Gasteiger charge is -2.24. The van der Waals surface area contributed by atoms with Crippen LogP contribution in [0.1, 0.15) is 46.1 Å². The van der Waals surface area contributed by atoms with Gasteiger partial charge in [0.05, 0.1) is 0 Å². The predicted octanol–water partition coefficient (Wildman–Crippen LogP) is 3.40. The number of ether oxygens (including phenoxy) is 1. The Morgan fingerprint density at radius 1 is 1.19 bits per heavy atom. The Bertz CT molecular complexity index is 391. The van der Waals surface area contributed by atoms with Crippen molar-refractivity contribution >= 4 is 0 Å². The van der Waals surface area contributed by atoms with Gasteiger partial charge in [0.1, 0.15) is 18.5 Å². The van der Waals surface area contributed by atoms with Crippen molar-refractivity contribution in [2.24, 2.45) is 5.92 Å². The number of aryl methyl sites for hydroxylation is 1. The van der Waals surface area contributed by atoms with Gasteiger partial charge >= 0.3 is 0 Å². The molecule has 3 heteroatoms. The number of nitrogens with one attached hydrogen (secondary N) is 1. The first-order valence-electron chi connectivity index (χ1n) is 8.23. The molecule has 0 aromatic heterocycles. The Morgan fingerprint density at radius 3 is 2.52 bits per heavy atom. The number of aliphatic hydroxyl groups excluding tert-OH is 1. The molecule has 0 radical (unpaired) electrons. The zero-order chi connectivity index (χ0) is 15.7. The molecular formula is C18H31NO2. The first-order chi connectivity index (χ1) is 10.1. The van der Waals surface area contributed by atoms with Gasteiger partial charge in [0.15, 0.2) is 0 Å². The Balaban J connectivity index is 2.31. The van der Waals surface area contributed by atoms with E-state index in [1.165, 1.54) is 18.4 Å².